The fourth-order valence-corrected chi connectivity index (χ4v) is 5.77. The number of rotatable bonds is 5. The molecule has 1 atom stereocenters. The van der Waals surface area contributed by atoms with Crippen LogP contribution in [0.4, 0.5) is 10.1 Å². The predicted molar refractivity (Wildman–Crippen MR) is 119 cm³/mol. The molecule has 0 N–H and O–H groups in total. The first-order valence-electron chi connectivity index (χ1n) is 11.1. The van der Waals surface area contributed by atoms with Crippen molar-refractivity contribution in [3.05, 3.63) is 42.6 Å². The molecule has 0 radical (unpaired) electrons. The average molecular weight is 464 g/mol. The summed E-state index contributed by atoms with van der Waals surface area (Å²) >= 11 is 0. The fourth-order valence-electron chi connectivity index (χ4n) is 4.32. The SMILES string of the molecule is CC(C)n1cnc(S(=O)(=O)N2CCCC(C(=O)N3CCN(c4ccc(F)cc4)CC3)C2)c1. The Balaban J connectivity index is 1.38. The number of hydrogen-bond donors (Lipinski definition) is 0. The first-order chi connectivity index (χ1) is 15.3. The first-order valence-corrected chi connectivity index (χ1v) is 12.5. The van der Waals surface area contributed by atoms with E-state index in [0.717, 1.165) is 5.69 Å². The van der Waals surface area contributed by atoms with Crippen LogP contribution in [-0.4, -0.2) is 72.3 Å². The van der Waals surface area contributed by atoms with E-state index >= 15 is 0 Å². The number of carbonyl (C=O) groups is 1. The van der Waals surface area contributed by atoms with Crippen LogP contribution in [0.1, 0.15) is 32.7 Å². The van der Waals surface area contributed by atoms with Gasteiger partial charge in [0, 0.05) is 57.2 Å². The Kier molecular flexibility index (Phi) is 6.52. The lowest BCUT2D eigenvalue weighted by molar-refractivity contribution is -0.137. The third kappa shape index (κ3) is 4.66. The molecule has 2 aromatic rings. The van der Waals surface area contributed by atoms with Gasteiger partial charge in [-0.2, -0.15) is 4.31 Å². The summed E-state index contributed by atoms with van der Waals surface area (Å²) in [6.45, 7) is 6.98. The van der Waals surface area contributed by atoms with Crippen molar-refractivity contribution in [2.75, 3.05) is 44.2 Å². The minimum absolute atomic E-state index is 0.0105. The van der Waals surface area contributed by atoms with Gasteiger partial charge in [-0.25, -0.2) is 17.8 Å². The van der Waals surface area contributed by atoms with Crippen LogP contribution in [0.5, 0.6) is 0 Å². The molecule has 0 spiro atoms. The highest BCUT2D eigenvalue weighted by molar-refractivity contribution is 7.89. The number of piperazine rings is 1. The molecule has 0 bridgehead atoms. The van der Waals surface area contributed by atoms with Crippen LogP contribution in [0, 0.1) is 11.7 Å². The summed E-state index contributed by atoms with van der Waals surface area (Å²) in [6, 6.07) is 6.49. The van der Waals surface area contributed by atoms with Crippen molar-refractivity contribution < 1.29 is 17.6 Å². The number of carbonyl (C=O) groups excluding carboxylic acids is 1. The van der Waals surface area contributed by atoms with Crippen LogP contribution in [0.2, 0.25) is 0 Å². The lowest BCUT2D eigenvalue weighted by Gasteiger charge is -2.39. The topological polar surface area (TPSA) is 78.8 Å². The summed E-state index contributed by atoms with van der Waals surface area (Å²) in [5.74, 6) is -0.602. The highest BCUT2D eigenvalue weighted by Crippen LogP contribution is 2.26. The molecular formula is C22H30FN5O3S. The standard InChI is InChI=1S/C22H30FN5O3S/c1-17(2)27-15-21(24-16-27)32(30,31)28-9-3-4-18(14-28)22(29)26-12-10-25(11-13-26)20-7-5-19(23)6-8-20/h5-8,15-18H,3-4,9-14H2,1-2H3. The van der Waals surface area contributed by atoms with Crippen LogP contribution in [0.15, 0.2) is 41.8 Å². The lowest BCUT2D eigenvalue weighted by Crippen LogP contribution is -2.53. The number of piperidine rings is 1. The number of imidazole rings is 1. The van der Waals surface area contributed by atoms with Gasteiger partial charge in [0.1, 0.15) is 5.82 Å². The highest BCUT2D eigenvalue weighted by Gasteiger charge is 2.36. The van der Waals surface area contributed by atoms with Crippen molar-refractivity contribution in [1.82, 2.24) is 18.8 Å². The molecule has 0 saturated carbocycles. The van der Waals surface area contributed by atoms with E-state index in [9.17, 15) is 17.6 Å². The minimum Gasteiger partial charge on any atom is -0.368 e. The normalized spacial score (nSPS) is 20.7. The molecule has 1 aromatic heterocycles. The van der Waals surface area contributed by atoms with Crippen molar-refractivity contribution >= 4 is 21.6 Å². The summed E-state index contributed by atoms with van der Waals surface area (Å²) in [6.07, 6.45) is 4.42. The molecule has 10 heteroatoms. The van der Waals surface area contributed by atoms with Gasteiger partial charge in [-0.1, -0.05) is 0 Å². The maximum atomic E-state index is 13.2. The maximum absolute atomic E-state index is 13.2. The number of aromatic nitrogens is 2. The van der Waals surface area contributed by atoms with Gasteiger partial charge >= 0.3 is 0 Å². The zero-order valence-electron chi connectivity index (χ0n) is 18.5. The van der Waals surface area contributed by atoms with E-state index in [2.05, 4.69) is 9.88 Å². The summed E-state index contributed by atoms with van der Waals surface area (Å²) in [5.41, 5.74) is 0.939. The largest absolute Gasteiger partial charge is 0.368 e. The monoisotopic (exact) mass is 463 g/mol. The predicted octanol–water partition coefficient (Wildman–Crippen LogP) is 2.35. The Morgan fingerprint density at radius 2 is 1.78 bits per heavy atom. The van der Waals surface area contributed by atoms with Crippen molar-refractivity contribution in [1.29, 1.82) is 0 Å². The zero-order chi connectivity index (χ0) is 22.9. The number of benzene rings is 1. The molecule has 32 heavy (non-hydrogen) atoms. The number of hydrogen-bond acceptors (Lipinski definition) is 5. The van der Waals surface area contributed by atoms with Gasteiger partial charge in [0.25, 0.3) is 10.0 Å². The molecule has 1 amide bonds. The van der Waals surface area contributed by atoms with Crippen LogP contribution in [-0.2, 0) is 14.8 Å². The third-order valence-corrected chi connectivity index (χ3v) is 8.05. The van der Waals surface area contributed by atoms with Crippen LogP contribution < -0.4 is 4.90 Å². The van der Waals surface area contributed by atoms with E-state index in [1.807, 2.05) is 18.7 Å². The summed E-state index contributed by atoms with van der Waals surface area (Å²) in [5, 5.41) is 0.0345. The Hall–Kier alpha value is -2.46. The van der Waals surface area contributed by atoms with E-state index in [1.165, 1.54) is 22.8 Å². The molecule has 174 valence electrons. The number of halogens is 1. The van der Waals surface area contributed by atoms with E-state index in [4.69, 9.17) is 0 Å². The number of amides is 1. The molecule has 2 aliphatic heterocycles. The molecule has 1 aromatic carbocycles. The highest BCUT2D eigenvalue weighted by atomic mass is 32.2. The number of anilines is 1. The van der Waals surface area contributed by atoms with Crippen LogP contribution in [0.3, 0.4) is 0 Å². The molecule has 2 fully saturated rings. The van der Waals surface area contributed by atoms with Crippen molar-refractivity contribution in [3.8, 4) is 0 Å². The minimum atomic E-state index is -3.73. The molecular weight excluding hydrogens is 433 g/mol. The molecule has 2 aliphatic rings. The van der Waals surface area contributed by atoms with Crippen molar-refractivity contribution in [2.45, 2.75) is 37.8 Å². The molecule has 0 aliphatic carbocycles. The van der Waals surface area contributed by atoms with Gasteiger partial charge in [0.05, 0.1) is 12.2 Å². The van der Waals surface area contributed by atoms with E-state index < -0.39 is 10.0 Å². The molecule has 8 nitrogen and oxygen atoms in total. The molecule has 4 rings (SSSR count). The first kappa shape index (κ1) is 22.7. The summed E-state index contributed by atoms with van der Waals surface area (Å²) in [7, 11) is -3.73. The molecule has 1 unspecified atom stereocenters. The number of nitrogens with zero attached hydrogens (tertiary/aromatic N) is 5. The van der Waals surface area contributed by atoms with Crippen LogP contribution >= 0.6 is 0 Å². The van der Waals surface area contributed by atoms with E-state index in [-0.39, 0.29) is 35.3 Å². The van der Waals surface area contributed by atoms with Crippen LogP contribution in [0.25, 0.3) is 0 Å². The Bertz CT molecular complexity index is 1050. The van der Waals surface area contributed by atoms with Crippen molar-refractivity contribution in [3.63, 3.8) is 0 Å². The zero-order valence-corrected chi connectivity index (χ0v) is 19.3. The average Bonchev–Trinajstić information content (AvgIpc) is 3.31. The van der Waals surface area contributed by atoms with Crippen molar-refractivity contribution in [2.24, 2.45) is 5.92 Å². The molecule has 3 heterocycles. The quantitative estimate of drug-likeness (QED) is 0.680. The van der Waals surface area contributed by atoms with E-state index in [1.54, 1.807) is 22.9 Å². The Morgan fingerprint density at radius 3 is 2.41 bits per heavy atom. The summed E-state index contributed by atoms with van der Waals surface area (Å²) < 4.78 is 42.5. The maximum Gasteiger partial charge on any atom is 0.262 e. The lowest BCUT2D eigenvalue weighted by atomic mass is 9.97. The second kappa shape index (κ2) is 9.19. The second-order valence-corrected chi connectivity index (χ2v) is 10.6. The third-order valence-electron chi connectivity index (χ3n) is 6.29. The second-order valence-electron chi connectivity index (χ2n) is 8.74. The van der Waals surface area contributed by atoms with Gasteiger partial charge in [-0.15, -0.1) is 0 Å². The Morgan fingerprint density at radius 1 is 1.09 bits per heavy atom. The number of sulfonamides is 1. The fraction of sp³-hybridized carbons (Fsp3) is 0.545. The van der Waals surface area contributed by atoms with Gasteiger partial charge in [0.15, 0.2) is 5.03 Å². The van der Waals surface area contributed by atoms with Gasteiger partial charge in [-0.3, -0.25) is 4.79 Å². The smallest absolute Gasteiger partial charge is 0.262 e. The summed E-state index contributed by atoms with van der Waals surface area (Å²) in [4.78, 5) is 21.2. The van der Waals surface area contributed by atoms with Gasteiger partial charge in [-0.05, 0) is 51.0 Å². The van der Waals surface area contributed by atoms with E-state index in [0.29, 0.717) is 45.6 Å². The Labute approximate surface area is 188 Å². The van der Waals surface area contributed by atoms with Gasteiger partial charge in [0.2, 0.25) is 5.91 Å². The van der Waals surface area contributed by atoms with Gasteiger partial charge < -0.3 is 14.4 Å². The molecule has 2 saturated heterocycles.